The van der Waals surface area contributed by atoms with E-state index in [9.17, 15) is 4.79 Å². The van der Waals surface area contributed by atoms with Gasteiger partial charge >= 0.3 is 5.97 Å². The zero-order chi connectivity index (χ0) is 19.3. The van der Waals surface area contributed by atoms with Gasteiger partial charge in [0, 0.05) is 14.7 Å². The highest BCUT2D eigenvalue weighted by atomic mass is 127. The van der Waals surface area contributed by atoms with Crippen LogP contribution in [-0.2, 0) is 16.1 Å². The smallest absolute Gasteiger partial charge is 0.363 e. The second kappa shape index (κ2) is 8.39. The van der Waals surface area contributed by atoms with Crippen molar-refractivity contribution in [1.29, 1.82) is 0 Å². The van der Waals surface area contributed by atoms with Crippen molar-refractivity contribution >= 4 is 40.5 Å². The minimum Gasteiger partial charge on any atom is -0.488 e. The molecule has 1 aliphatic heterocycles. The molecule has 0 radical (unpaired) electrons. The highest BCUT2D eigenvalue weighted by molar-refractivity contribution is 14.1. The summed E-state index contributed by atoms with van der Waals surface area (Å²) < 4.78 is 12.5. The highest BCUT2D eigenvalue weighted by Crippen LogP contribution is 2.25. The number of hydrogen-bond acceptors (Lipinski definition) is 4. The van der Waals surface area contributed by atoms with Gasteiger partial charge in [0.25, 0.3) is 0 Å². The normalized spacial score (nSPS) is 14.7. The first-order valence-corrected chi connectivity index (χ1v) is 9.81. The molecule has 0 fully saturated rings. The number of ether oxygens (including phenoxy) is 2. The molecule has 0 saturated carbocycles. The molecule has 4 rings (SSSR count). The Morgan fingerprint density at radius 2 is 1.75 bits per heavy atom. The molecule has 1 heterocycles. The summed E-state index contributed by atoms with van der Waals surface area (Å²) in [5, 5.41) is 0. The Labute approximate surface area is 176 Å². The van der Waals surface area contributed by atoms with Crippen molar-refractivity contribution in [3.63, 3.8) is 0 Å². The fraction of sp³-hybridized carbons (Fsp3) is 0.0435. The van der Waals surface area contributed by atoms with Gasteiger partial charge in [0.15, 0.2) is 5.70 Å². The number of nitrogens with zero attached hydrogens (tertiary/aromatic N) is 1. The molecule has 3 aromatic carbocycles. The van der Waals surface area contributed by atoms with Crippen LogP contribution in [0.5, 0.6) is 5.75 Å². The standard InChI is InChI=1S/C23H16INO3/c24-19-11-6-7-16(13-19)15-27-21-12-5-4-10-18(21)14-20-23(26)28-22(25-20)17-8-2-1-3-9-17/h1-14H,15H2/b20-14-. The molecule has 1 aliphatic rings. The molecule has 0 saturated heterocycles. The average Bonchev–Trinajstić information content (AvgIpc) is 3.08. The van der Waals surface area contributed by atoms with Crippen molar-refractivity contribution in [2.24, 2.45) is 4.99 Å². The maximum absolute atomic E-state index is 12.2. The van der Waals surface area contributed by atoms with E-state index in [0.717, 1.165) is 20.3 Å². The van der Waals surface area contributed by atoms with Crippen LogP contribution in [0.1, 0.15) is 16.7 Å². The van der Waals surface area contributed by atoms with Gasteiger partial charge in [-0.3, -0.25) is 0 Å². The number of para-hydroxylation sites is 1. The van der Waals surface area contributed by atoms with E-state index in [1.54, 1.807) is 6.08 Å². The lowest BCUT2D eigenvalue weighted by Gasteiger charge is -2.09. The van der Waals surface area contributed by atoms with E-state index in [1.807, 2.05) is 72.8 Å². The van der Waals surface area contributed by atoms with Gasteiger partial charge in [-0.25, -0.2) is 9.79 Å². The monoisotopic (exact) mass is 481 g/mol. The maximum atomic E-state index is 12.2. The fourth-order valence-electron chi connectivity index (χ4n) is 2.78. The first-order valence-electron chi connectivity index (χ1n) is 8.73. The molecule has 0 aromatic heterocycles. The van der Waals surface area contributed by atoms with Gasteiger partial charge in [-0.05, 0) is 64.6 Å². The Morgan fingerprint density at radius 3 is 2.57 bits per heavy atom. The van der Waals surface area contributed by atoms with Crippen molar-refractivity contribution in [2.75, 3.05) is 0 Å². The first kappa shape index (κ1) is 18.4. The molecule has 0 spiro atoms. The van der Waals surface area contributed by atoms with Crippen LogP contribution in [-0.4, -0.2) is 11.9 Å². The molecule has 0 N–H and O–H groups in total. The molecule has 138 valence electrons. The number of carbonyl (C=O) groups excluding carboxylic acids is 1. The van der Waals surface area contributed by atoms with Crippen LogP contribution >= 0.6 is 22.6 Å². The SMILES string of the molecule is O=C1OC(c2ccccc2)=N/C1=C\c1ccccc1OCc1cccc(I)c1. The molecule has 0 atom stereocenters. The minimum atomic E-state index is -0.466. The van der Waals surface area contributed by atoms with E-state index in [-0.39, 0.29) is 5.70 Å². The Hall–Kier alpha value is -2.93. The van der Waals surface area contributed by atoms with Crippen LogP contribution in [0.2, 0.25) is 0 Å². The molecule has 0 bridgehead atoms. The van der Waals surface area contributed by atoms with Crippen molar-refractivity contribution in [3.8, 4) is 5.75 Å². The summed E-state index contributed by atoms with van der Waals surface area (Å²) in [4.78, 5) is 16.6. The van der Waals surface area contributed by atoms with E-state index in [0.29, 0.717) is 18.3 Å². The van der Waals surface area contributed by atoms with Crippen LogP contribution in [0.4, 0.5) is 0 Å². The average molecular weight is 481 g/mol. The number of esters is 1. The topological polar surface area (TPSA) is 47.9 Å². The van der Waals surface area contributed by atoms with E-state index in [1.165, 1.54) is 0 Å². The van der Waals surface area contributed by atoms with Crippen LogP contribution in [0.15, 0.2) is 89.6 Å². The van der Waals surface area contributed by atoms with Gasteiger partial charge in [-0.15, -0.1) is 0 Å². The van der Waals surface area contributed by atoms with Gasteiger partial charge in [0.05, 0.1) is 0 Å². The van der Waals surface area contributed by atoms with Crippen LogP contribution in [0.25, 0.3) is 6.08 Å². The third-order valence-corrected chi connectivity index (χ3v) is 4.81. The van der Waals surface area contributed by atoms with E-state index in [4.69, 9.17) is 9.47 Å². The van der Waals surface area contributed by atoms with Crippen molar-refractivity contribution in [3.05, 3.63) is 105 Å². The molecule has 0 amide bonds. The predicted molar refractivity (Wildman–Crippen MR) is 117 cm³/mol. The highest BCUT2D eigenvalue weighted by Gasteiger charge is 2.24. The number of halogens is 1. The van der Waals surface area contributed by atoms with E-state index in [2.05, 4.69) is 33.6 Å². The van der Waals surface area contributed by atoms with Crippen LogP contribution in [0, 0.1) is 3.57 Å². The van der Waals surface area contributed by atoms with Crippen molar-refractivity contribution < 1.29 is 14.3 Å². The number of benzene rings is 3. The zero-order valence-electron chi connectivity index (χ0n) is 14.8. The van der Waals surface area contributed by atoms with Crippen molar-refractivity contribution in [1.82, 2.24) is 0 Å². The molecule has 0 unspecified atom stereocenters. The zero-order valence-corrected chi connectivity index (χ0v) is 17.0. The number of rotatable bonds is 5. The molecule has 0 aliphatic carbocycles. The maximum Gasteiger partial charge on any atom is 0.363 e. The Kier molecular flexibility index (Phi) is 5.53. The lowest BCUT2D eigenvalue weighted by Crippen LogP contribution is -2.05. The number of aliphatic imine (C=N–C) groups is 1. The number of carbonyl (C=O) groups is 1. The summed E-state index contributed by atoms with van der Waals surface area (Å²) in [5.74, 6) is 0.533. The van der Waals surface area contributed by atoms with Gasteiger partial charge in [-0.2, -0.15) is 0 Å². The quantitative estimate of drug-likeness (QED) is 0.286. The summed E-state index contributed by atoms with van der Waals surface area (Å²) >= 11 is 2.28. The summed E-state index contributed by atoms with van der Waals surface area (Å²) in [6.07, 6.45) is 1.70. The molecule has 5 heteroatoms. The van der Waals surface area contributed by atoms with Gasteiger partial charge < -0.3 is 9.47 Å². The molecule has 28 heavy (non-hydrogen) atoms. The second-order valence-corrected chi connectivity index (χ2v) is 7.40. The van der Waals surface area contributed by atoms with E-state index < -0.39 is 5.97 Å². The minimum absolute atomic E-state index is 0.254. The van der Waals surface area contributed by atoms with E-state index >= 15 is 0 Å². The van der Waals surface area contributed by atoms with Crippen molar-refractivity contribution in [2.45, 2.75) is 6.61 Å². The third kappa shape index (κ3) is 4.31. The lowest BCUT2D eigenvalue weighted by molar-refractivity contribution is -0.129. The van der Waals surface area contributed by atoms with Crippen LogP contribution < -0.4 is 4.74 Å². The summed E-state index contributed by atoms with van der Waals surface area (Å²) in [5.41, 5.74) is 2.88. The lowest BCUT2D eigenvalue weighted by atomic mass is 10.1. The summed E-state index contributed by atoms with van der Waals surface area (Å²) in [7, 11) is 0. The molecular weight excluding hydrogens is 465 g/mol. The Morgan fingerprint density at radius 1 is 0.964 bits per heavy atom. The molecular formula is C23H16INO3. The van der Waals surface area contributed by atoms with Gasteiger partial charge in [0.1, 0.15) is 12.4 Å². The first-order chi connectivity index (χ1) is 13.7. The summed E-state index contributed by atoms with van der Waals surface area (Å²) in [6.45, 7) is 0.444. The number of hydrogen-bond donors (Lipinski definition) is 0. The Balaban J connectivity index is 1.58. The largest absolute Gasteiger partial charge is 0.488 e. The third-order valence-electron chi connectivity index (χ3n) is 4.14. The second-order valence-electron chi connectivity index (χ2n) is 6.16. The number of cyclic esters (lactones) is 1. The van der Waals surface area contributed by atoms with Crippen LogP contribution in [0.3, 0.4) is 0 Å². The molecule has 3 aromatic rings. The fourth-order valence-corrected chi connectivity index (χ4v) is 3.39. The Bertz CT molecular complexity index is 1070. The predicted octanol–water partition coefficient (Wildman–Crippen LogP) is 5.21. The molecule has 4 nitrogen and oxygen atoms in total. The summed E-state index contributed by atoms with van der Waals surface area (Å²) in [6, 6.07) is 25.1. The van der Waals surface area contributed by atoms with Gasteiger partial charge in [0.2, 0.25) is 5.90 Å². The van der Waals surface area contributed by atoms with Gasteiger partial charge in [-0.1, -0.05) is 48.5 Å².